The van der Waals surface area contributed by atoms with Gasteiger partial charge < -0.3 is 9.90 Å². The van der Waals surface area contributed by atoms with Gasteiger partial charge in [-0.2, -0.15) is 0 Å². The van der Waals surface area contributed by atoms with Crippen LogP contribution in [0.3, 0.4) is 0 Å². The molecule has 0 saturated heterocycles. The second-order valence-electron chi connectivity index (χ2n) is 12.8. The van der Waals surface area contributed by atoms with Crippen LogP contribution >= 0.6 is 0 Å². The first kappa shape index (κ1) is 24.2. The summed E-state index contributed by atoms with van der Waals surface area (Å²) < 4.78 is 0. The summed E-state index contributed by atoms with van der Waals surface area (Å²) in [6, 6.07) is 0. The van der Waals surface area contributed by atoms with Crippen LogP contribution in [0, 0.1) is 33.5 Å². The number of aliphatic hydroxyl groups is 1. The minimum atomic E-state index is -0.294. The largest absolute Gasteiger partial charge is 0.393 e. The molecule has 0 aromatic carbocycles. The third kappa shape index (κ3) is 3.41. The maximum absolute atomic E-state index is 13.0. The fraction of sp³-hybridized carbons (Fsp3) is 0.833. The third-order valence-corrected chi connectivity index (χ3v) is 11.1. The minimum absolute atomic E-state index is 0.0698. The first-order valence-corrected chi connectivity index (χ1v) is 13.7. The number of rotatable bonds is 8. The van der Waals surface area contributed by atoms with E-state index in [0.29, 0.717) is 11.8 Å². The Labute approximate surface area is 197 Å². The molecule has 180 valence electrons. The van der Waals surface area contributed by atoms with Gasteiger partial charge in [0.1, 0.15) is 6.29 Å². The lowest BCUT2D eigenvalue weighted by atomic mass is 9.44. The maximum atomic E-state index is 13.0. The van der Waals surface area contributed by atoms with Crippen molar-refractivity contribution in [2.45, 2.75) is 124 Å². The quantitative estimate of drug-likeness (QED) is 0.309. The molecule has 6 atom stereocenters. The van der Waals surface area contributed by atoms with Crippen molar-refractivity contribution in [2.75, 3.05) is 0 Å². The Balaban J connectivity index is 1.59. The lowest BCUT2D eigenvalue weighted by Gasteiger charge is -2.60. The van der Waals surface area contributed by atoms with Gasteiger partial charge in [-0.05, 0) is 84.2 Å². The van der Waals surface area contributed by atoms with Crippen LogP contribution in [0.5, 0.6) is 0 Å². The highest BCUT2D eigenvalue weighted by molar-refractivity contribution is 5.73. The Morgan fingerprint density at radius 1 is 0.969 bits per heavy atom. The van der Waals surface area contributed by atoms with Crippen LogP contribution < -0.4 is 0 Å². The van der Waals surface area contributed by atoms with Crippen molar-refractivity contribution in [1.29, 1.82) is 0 Å². The Bertz CT molecular complexity index is 776. The molecule has 2 fully saturated rings. The third-order valence-electron chi connectivity index (χ3n) is 11.1. The number of fused-ring (bicyclic) bond motifs is 5. The van der Waals surface area contributed by atoms with E-state index in [1.54, 1.807) is 0 Å². The lowest BCUT2D eigenvalue weighted by Crippen LogP contribution is -2.55. The summed E-state index contributed by atoms with van der Waals surface area (Å²) in [6.45, 7) is 11.7. The summed E-state index contributed by atoms with van der Waals surface area (Å²) in [7, 11) is 0. The Kier molecular flexibility index (Phi) is 6.60. The van der Waals surface area contributed by atoms with E-state index in [9.17, 15) is 9.90 Å². The van der Waals surface area contributed by atoms with Crippen LogP contribution in [0.4, 0.5) is 0 Å². The summed E-state index contributed by atoms with van der Waals surface area (Å²) in [5, 5.41) is 10.8. The molecule has 1 N–H and O–H groups in total. The smallest absolute Gasteiger partial charge is 0.131 e. The molecule has 0 aromatic rings. The first-order valence-electron chi connectivity index (χ1n) is 13.7. The van der Waals surface area contributed by atoms with Crippen molar-refractivity contribution >= 4 is 6.29 Å². The van der Waals surface area contributed by atoms with Gasteiger partial charge in [0.2, 0.25) is 0 Å². The van der Waals surface area contributed by atoms with Crippen molar-refractivity contribution in [3.05, 3.63) is 23.3 Å². The van der Waals surface area contributed by atoms with Crippen LogP contribution in [0.15, 0.2) is 23.3 Å². The highest BCUT2D eigenvalue weighted by Crippen LogP contribution is 2.70. The highest BCUT2D eigenvalue weighted by Gasteiger charge is 2.64. The van der Waals surface area contributed by atoms with Gasteiger partial charge in [-0.25, -0.2) is 0 Å². The number of aliphatic hydroxyl groups excluding tert-OH is 1. The molecular weight excluding hydrogens is 392 g/mol. The van der Waals surface area contributed by atoms with E-state index in [2.05, 4.69) is 46.8 Å². The van der Waals surface area contributed by atoms with Crippen molar-refractivity contribution < 1.29 is 9.90 Å². The van der Waals surface area contributed by atoms with Gasteiger partial charge >= 0.3 is 0 Å². The number of hydrogen-bond donors (Lipinski definition) is 1. The molecule has 32 heavy (non-hydrogen) atoms. The predicted octanol–water partition coefficient (Wildman–Crippen LogP) is 7.80. The number of carbonyl (C=O) groups excluding carboxylic acids is 1. The number of unbranched alkanes of at least 4 members (excludes halogenated alkanes) is 5. The van der Waals surface area contributed by atoms with E-state index in [1.807, 2.05) is 0 Å². The summed E-state index contributed by atoms with van der Waals surface area (Å²) in [6.07, 6.45) is 21.7. The fourth-order valence-electron chi connectivity index (χ4n) is 8.71. The van der Waals surface area contributed by atoms with E-state index in [0.717, 1.165) is 32.1 Å². The number of hydrogen-bond acceptors (Lipinski definition) is 2. The molecule has 0 aromatic heterocycles. The average Bonchev–Trinajstić information content (AvgIpc) is 3.06. The topological polar surface area (TPSA) is 37.3 Å². The van der Waals surface area contributed by atoms with Crippen LogP contribution in [0.25, 0.3) is 0 Å². The summed E-state index contributed by atoms with van der Waals surface area (Å²) in [5.74, 6) is 1.11. The standard InChI is InChI=1S/C30H48O2/c1-6-7-8-9-10-11-12-22-15-20-30(21-31)24-13-14-25-27(2,3)26(32)17-18-28(25,4)23(24)16-19-29(22,30)5/h13,16,21-22,25-26,32H,6-12,14-15,17-20H2,1-5H3/t22-,25?,26-,28+,29+,30+/m0/s1. The van der Waals surface area contributed by atoms with Crippen LogP contribution in [0.1, 0.15) is 118 Å². The molecule has 4 aliphatic rings. The van der Waals surface area contributed by atoms with Crippen LogP contribution in [-0.2, 0) is 4.79 Å². The van der Waals surface area contributed by atoms with Gasteiger partial charge in [0.25, 0.3) is 0 Å². The summed E-state index contributed by atoms with van der Waals surface area (Å²) >= 11 is 0. The zero-order chi connectivity index (χ0) is 23.2. The number of allylic oxidation sites excluding steroid dienone is 4. The normalized spacial score (nSPS) is 42.4. The first-order chi connectivity index (χ1) is 15.2. The molecule has 4 aliphatic carbocycles. The van der Waals surface area contributed by atoms with Crippen molar-refractivity contribution in [2.24, 2.45) is 33.5 Å². The summed E-state index contributed by atoms with van der Waals surface area (Å²) in [5.41, 5.74) is 2.64. The molecule has 0 aliphatic heterocycles. The van der Waals surface area contributed by atoms with Gasteiger partial charge in [-0.1, -0.05) is 85.3 Å². The molecule has 0 radical (unpaired) electrons. The molecule has 0 spiro atoms. The molecule has 0 bridgehead atoms. The Hall–Kier alpha value is -0.890. The molecular formula is C30H48O2. The minimum Gasteiger partial charge on any atom is -0.393 e. The van der Waals surface area contributed by atoms with E-state index >= 15 is 0 Å². The monoisotopic (exact) mass is 440 g/mol. The average molecular weight is 441 g/mol. The highest BCUT2D eigenvalue weighted by atomic mass is 16.3. The van der Waals surface area contributed by atoms with E-state index < -0.39 is 0 Å². The SMILES string of the molecule is CCCCCCCC[C@H]1CC[C@@]2(C=O)C3=CCC4C(C)(C)[C@@H](O)CC[C@]4(C)C3=CC[C@]12C. The number of carbonyl (C=O) groups is 1. The molecule has 1 unspecified atom stereocenters. The molecule has 0 amide bonds. The fourth-order valence-corrected chi connectivity index (χ4v) is 8.71. The van der Waals surface area contributed by atoms with Crippen molar-refractivity contribution in [1.82, 2.24) is 0 Å². The van der Waals surface area contributed by atoms with Crippen LogP contribution in [0.2, 0.25) is 0 Å². The molecule has 0 heterocycles. The van der Waals surface area contributed by atoms with E-state index in [4.69, 9.17) is 0 Å². The van der Waals surface area contributed by atoms with E-state index in [-0.39, 0.29) is 27.8 Å². The van der Waals surface area contributed by atoms with Gasteiger partial charge in [-0.15, -0.1) is 0 Å². The Morgan fingerprint density at radius 2 is 1.69 bits per heavy atom. The van der Waals surface area contributed by atoms with Crippen LogP contribution in [-0.4, -0.2) is 17.5 Å². The molecule has 2 saturated carbocycles. The van der Waals surface area contributed by atoms with Crippen molar-refractivity contribution in [3.8, 4) is 0 Å². The van der Waals surface area contributed by atoms with E-state index in [1.165, 1.54) is 68.8 Å². The second kappa shape index (κ2) is 8.71. The number of aldehydes is 1. The van der Waals surface area contributed by atoms with Gasteiger partial charge in [0.05, 0.1) is 11.5 Å². The maximum Gasteiger partial charge on any atom is 0.131 e. The zero-order valence-electron chi connectivity index (χ0n) is 21.5. The zero-order valence-corrected chi connectivity index (χ0v) is 21.5. The predicted molar refractivity (Wildman–Crippen MR) is 133 cm³/mol. The lowest BCUT2D eigenvalue weighted by molar-refractivity contribution is -0.121. The Morgan fingerprint density at radius 3 is 2.41 bits per heavy atom. The second-order valence-corrected chi connectivity index (χ2v) is 12.8. The van der Waals surface area contributed by atoms with Crippen molar-refractivity contribution in [3.63, 3.8) is 0 Å². The van der Waals surface area contributed by atoms with Gasteiger partial charge in [0.15, 0.2) is 0 Å². The molecule has 2 heteroatoms. The van der Waals surface area contributed by atoms with Gasteiger partial charge in [0, 0.05) is 0 Å². The van der Waals surface area contributed by atoms with Gasteiger partial charge in [-0.3, -0.25) is 0 Å². The summed E-state index contributed by atoms with van der Waals surface area (Å²) in [4.78, 5) is 13.0. The molecule has 2 nitrogen and oxygen atoms in total. The molecule has 4 rings (SSSR count).